The van der Waals surface area contributed by atoms with Crippen molar-refractivity contribution in [3.63, 3.8) is 0 Å². The van der Waals surface area contributed by atoms with Gasteiger partial charge in [0.25, 0.3) is 0 Å². The first-order valence-corrected chi connectivity index (χ1v) is 8.88. The second-order valence-electron chi connectivity index (χ2n) is 6.47. The van der Waals surface area contributed by atoms with E-state index in [0.29, 0.717) is 0 Å². The minimum atomic E-state index is -4.03. The number of hydrogen-bond acceptors (Lipinski definition) is 7. The summed E-state index contributed by atoms with van der Waals surface area (Å²) < 4.78 is 30.6. The summed E-state index contributed by atoms with van der Waals surface area (Å²) in [4.78, 5) is 27.3. The normalized spacial score (nSPS) is 18.5. The van der Waals surface area contributed by atoms with Gasteiger partial charge in [0.2, 0.25) is 14.9 Å². The van der Waals surface area contributed by atoms with Crippen molar-refractivity contribution >= 4 is 21.6 Å². The molecule has 2 heterocycles. The Balaban J connectivity index is 2.21. The maximum Gasteiger partial charge on any atom is 0.410 e. The molecule has 1 aliphatic heterocycles. The van der Waals surface area contributed by atoms with Crippen molar-refractivity contribution in [3.05, 3.63) is 28.4 Å². The maximum absolute atomic E-state index is 12.7. The zero-order chi connectivity index (χ0) is 18.1. The van der Waals surface area contributed by atoms with Crippen LogP contribution in [-0.2, 0) is 14.6 Å². The second kappa shape index (κ2) is 6.34. The number of sulfone groups is 1. The minimum absolute atomic E-state index is 0.0784. The van der Waals surface area contributed by atoms with Gasteiger partial charge >= 0.3 is 11.8 Å². The van der Waals surface area contributed by atoms with E-state index in [1.54, 1.807) is 20.8 Å². The summed E-state index contributed by atoms with van der Waals surface area (Å²) in [7, 11) is -4.03. The molecule has 2 rings (SSSR count). The van der Waals surface area contributed by atoms with E-state index in [-0.39, 0.29) is 19.5 Å². The molecule has 1 aromatic heterocycles. The fourth-order valence-electron chi connectivity index (χ4n) is 2.37. The highest BCUT2D eigenvalue weighted by Gasteiger charge is 2.41. The predicted octanol–water partition coefficient (Wildman–Crippen LogP) is 1.77. The van der Waals surface area contributed by atoms with Crippen LogP contribution in [0, 0.1) is 10.1 Å². The van der Waals surface area contributed by atoms with Crippen LogP contribution in [0.15, 0.2) is 23.4 Å². The number of ether oxygens (including phenoxy) is 1. The van der Waals surface area contributed by atoms with E-state index in [0.717, 1.165) is 6.07 Å². The highest BCUT2D eigenvalue weighted by molar-refractivity contribution is 7.92. The lowest BCUT2D eigenvalue weighted by Crippen LogP contribution is -2.36. The predicted molar refractivity (Wildman–Crippen MR) is 84.3 cm³/mol. The number of pyridine rings is 1. The van der Waals surface area contributed by atoms with E-state index in [4.69, 9.17) is 4.74 Å². The van der Waals surface area contributed by atoms with Gasteiger partial charge in [-0.15, -0.1) is 0 Å². The van der Waals surface area contributed by atoms with Crippen molar-refractivity contribution in [3.8, 4) is 0 Å². The summed E-state index contributed by atoms with van der Waals surface area (Å²) in [6.07, 6.45) is 0.770. The molecule has 1 amide bonds. The second-order valence-corrected chi connectivity index (χ2v) is 8.61. The van der Waals surface area contributed by atoms with E-state index in [1.165, 1.54) is 17.2 Å². The van der Waals surface area contributed by atoms with Crippen molar-refractivity contribution in [1.29, 1.82) is 0 Å². The van der Waals surface area contributed by atoms with Gasteiger partial charge in [-0.25, -0.2) is 18.2 Å². The molecule has 10 heteroatoms. The molecule has 0 bridgehead atoms. The zero-order valence-electron chi connectivity index (χ0n) is 13.6. The molecule has 0 saturated carbocycles. The highest BCUT2D eigenvalue weighted by Crippen LogP contribution is 2.29. The molecule has 9 nitrogen and oxygen atoms in total. The molecular formula is C14H19N3O6S. The van der Waals surface area contributed by atoms with Gasteiger partial charge in [0.05, 0.1) is 10.2 Å². The lowest BCUT2D eigenvalue weighted by atomic mass is 10.2. The Bertz CT molecular complexity index is 756. The molecule has 0 N–H and O–H groups in total. The van der Waals surface area contributed by atoms with E-state index in [9.17, 15) is 23.3 Å². The summed E-state index contributed by atoms with van der Waals surface area (Å²) in [6, 6.07) is 2.40. The van der Waals surface area contributed by atoms with Gasteiger partial charge in [-0.05, 0) is 33.3 Å². The molecule has 24 heavy (non-hydrogen) atoms. The Labute approximate surface area is 139 Å². The summed E-state index contributed by atoms with van der Waals surface area (Å²) in [5.41, 5.74) is -1.25. The lowest BCUT2D eigenvalue weighted by molar-refractivity contribution is -0.388. The van der Waals surface area contributed by atoms with Gasteiger partial charge in [-0.3, -0.25) is 10.1 Å². The van der Waals surface area contributed by atoms with Crippen LogP contribution in [0.3, 0.4) is 0 Å². The van der Waals surface area contributed by atoms with Crippen LogP contribution in [0.25, 0.3) is 0 Å². The van der Waals surface area contributed by atoms with Gasteiger partial charge < -0.3 is 9.64 Å². The lowest BCUT2D eigenvalue weighted by Gasteiger charge is -2.24. The first-order valence-electron chi connectivity index (χ1n) is 7.33. The monoisotopic (exact) mass is 357 g/mol. The third-order valence-electron chi connectivity index (χ3n) is 3.45. The third kappa shape index (κ3) is 3.81. The molecule has 1 aliphatic rings. The Hall–Kier alpha value is -2.23. The topological polar surface area (TPSA) is 120 Å². The zero-order valence-corrected chi connectivity index (χ0v) is 14.4. The average Bonchev–Trinajstić information content (AvgIpc) is 2.96. The van der Waals surface area contributed by atoms with Crippen molar-refractivity contribution in [2.24, 2.45) is 0 Å². The smallest absolute Gasteiger partial charge is 0.410 e. The van der Waals surface area contributed by atoms with Gasteiger partial charge in [0.15, 0.2) is 0 Å². The fourth-order valence-corrected chi connectivity index (χ4v) is 4.12. The van der Waals surface area contributed by atoms with E-state index in [2.05, 4.69) is 4.98 Å². The maximum atomic E-state index is 12.7. The SMILES string of the molecule is CC(C)(C)OC(=O)N1CC[C@@H](S(=O)(=O)c2ncccc2[N+](=O)[O-])C1. The number of aromatic nitrogens is 1. The molecule has 1 aromatic rings. The Morgan fingerprint density at radius 3 is 2.71 bits per heavy atom. The summed E-state index contributed by atoms with van der Waals surface area (Å²) >= 11 is 0. The van der Waals surface area contributed by atoms with Crippen LogP contribution in [0.5, 0.6) is 0 Å². The van der Waals surface area contributed by atoms with Gasteiger partial charge in [-0.2, -0.15) is 0 Å². The first-order chi connectivity index (χ1) is 11.0. The van der Waals surface area contributed by atoms with E-state index >= 15 is 0 Å². The fraction of sp³-hybridized carbons (Fsp3) is 0.571. The molecule has 1 atom stereocenters. The molecule has 1 saturated heterocycles. The number of carbonyl (C=O) groups is 1. The summed E-state index contributed by atoms with van der Waals surface area (Å²) in [5.74, 6) is 0. The Kier molecular flexibility index (Phi) is 4.79. The van der Waals surface area contributed by atoms with E-state index in [1.807, 2.05) is 0 Å². The molecular weight excluding hydrogens is 338 g/mol. The van der Waals surface area contributed by atoms with Crippen molar-refractivity contribution < 1.29 is 22.9 Å². The number of rotatable bonds is 3. The van der Waals surface area contributed by atoms with Crippen LogP contribution in [-0.4, -0.2) is 53.3 Å². The quantitative estimate of drug-likeness (QED) is 0.597. The van der Waals surface area contributed by atoms with E-state index < -0.39 is 42.4 Å². The molecule has 0 spiro atoms. The largest absolute Gasteiger partial charge is 0.444 e. The third-order valence-corrected chi connectivity index (χ3v) is 5.57. The Morgan fingerprint density at radius 2 is 2.12 bits per heavy atom. The average molecular weight is 357 g/mol. The van der Waals surface area contributed by atoms with Crippen molar-refractivity contribution in [2.75, 3.05) is 13.1 Å². The first kappa shape index (κ1) is 18.1. The molecule has 0 aliphatic carbocycles. The van der Waals surface area contributed by atoms with Crippen LogP contribution in [0.4, 0.5) is 10.5 Å². The van der Waals surface area contributed by atoms with Crippen LogP contribution < -0.4 is 0 Å². The van der Waals surface area contributed by atoms with Crippen LogP contribution in [0.2, 0.25) is 0 Å². The highest BCUT2D eigenvalue weighted by atomic mass is 32.2. The number of hydrogen-bond donors (Lipinski definition) is 0. The summed E-state index contributed by atoms with van der Waals surface area (Å²) in [6.45, 7) is 5.27. The Morgan fingerprint density at radius 1 is 1.46 bits per heavy atom. The van der Waals surface area contributed by atoms with Crippen LogP contribution >= 0.6 is 0 Å². The standard InChI is InChI=1S/C14H19N3O6S/c1-14(2,3)23-13(18)16-8-6-10(9-16)24(21,22)12-11(17(19)20)5-4-7-15-12/h4-5,7,10H,6,8-9H2,1-3H3/t10-/m1/s1. The van der Waals surface area contributed by atoms with Gasteiger partial charge in [-0.1, -0.05) is 0 Å². The number of nitro groups is 1. The van der Waals surface area contributed by atoms with Crippen LogP contribution in [0.1, 0.15) is 27.2 Å². The number of likely N-dealkylation sites (tertiary alicyclic amines) is 1. The molecule has 0 unspecified atom stereocenters. The molecule has 0 aromatic carbocycles. The number of carbonyl (C=O) groups excluding carboxylic acids is 1. The summed E-state index contributed by atoms with van der Waals surface area (Å²) in [5, 5.41) is 9.52. The number of amides is 1. The molecule has 0 radical (unpaired) electrons. The van der Waals surface area contributed by atoms with Gasteiger partial charge in [0.1, 0.15) is 5.60 Å². The van der Waals surface area contributed by atoms with Crippen molar-refractivity contribution in [2.45, 2.75) is 43.1 Å². The molecule has 1 fully saturated rings. The van der Waals surface area contributed by atoms with Gasteiger partial charge in [0, 0.05) is 25.4 Å². The number of nitrogens with zero attached hydrogens (tertiary/aromatic N) is 3. The molecule has 132 valence electrons. The minimum Gasteiger partial charge on any atom is -0.444 e. The van der Waals surface area contributed by atoms with Crippen molar-refractivity contribution in [1.82, 2.24) is 9.88 Å².